The van der Waals surface area contributed by atoms with Gasteiger partial charge in [-0.1, -0.05) is 60.7 Å². The van der Waals surface area contributed by atoms with Crippen LogP contribution in [-0.4, -0.2) is 22.9 Å². The van der Waals surface area contributed by atoms with Gasteiger partial charge in [-0.3, -0.25) is 19.6 Å². The molecule has 0 saturated carbocycles. The van der Waals surface area contributed by atoms with Crippen LogP contribution in [0.1, 0.15) is 17.0 Å². The number of carbonyl (C=O) groups excluding carboxylic acids is 3. The minimum atomic E-state index is -1.14. The molecule has 0 aliphatic rings. The summed E-state index contributed by atoms with van der Waals surface area (Å²) in [5, 5.41) is 14.2. The molecule has 0 unspecified atom stereocenters. The number of hydrogen-bond donors (Lipinski definition) is 4. The molecule has 3 aromatic rings. The van der Waals surface area contributed by atoms with Gasteiger partial charge < -0.3 is 10.6 Å². The first-order valence-corrected chi connectivity index (χ1v) is 9.51. The quantitative estimate of drug-likeness (QED) is 0.205. The van der Waals surface area contributed by atoms with E-state index in [9.17, 15) is 14.4 Å². The van der Waals surface area contributed by atoms with Gasteiger partial charge in [-0.25, -0.2) is 5.48 Å². The van der Waals surface area contributed by atoms with Crippen molar-refractivity contribution in [1.29, 1.82) is 0 Å². The molecule has 0 radical (unpaired) electrons. The number of hydroxylamine groups is 1. The Morgan fingerprint density at radius 2 is 1.29 bits per heavy atom. The van der Waals surface area contributed by atoms with Gasteiger partial charge in [0.25, 0.3) is 5.91 Å². The van der Waals surface area contributed by atoms with Gasteiger partial charge in [0, 0.05) is 17.5 Å². The minimum absolute atomic E-state index is 0.452. The standard InChI is InChI=1S/C24H21N3O4/c28-21(27-31)15-14-17-8-7-9-18(16-17)22(23(29)25-19-10-3-1-4-11-19)24(30)26-20-12-5-2-6-13-20/h1-16,22,31H,(H,25,29)(H,26,30)(H,27,28). The van der Waals surface area contributed by atoms with Crippen LogP contribution in [0.3, 0.4) is 0 Å². The van der Waals surface area contributed by atoms with Crippen molar-refractivity contribution in [2.75, 3.05) is 10.6 Å². The number of hydrogen-bond acceptors (Lipinski definition) is 4. The van der Waals surface area contributed by atoms with Crippen molar-refractivity contribution in [3.05, 3.63) is 102 Å². The molecule has 3 amide bonds. The molecule has 0 fully saturated rings. The molecule has 156 valence electrons. The molecule has 0 spiro atoms. The van der Waals surface area contributed by atoms with Crippen molar-refractivity contribution >= 4 is 35.2 Å². The van der Waals surface area contributed by atoms with Crippen molar-refractivity contribution in [3.63, 3.8) is 0 Å². The van der Waals surface area contributed by atoms with Crippen LogP contribution in [0.15, 0.2) is 91.0 Å². The predicted octanol–water partition coefficient (Wildman–Crippen LogP) is 3.57. The third kappa shape index (κ3) is 6.12. The second kappa shape index (κ2) is 10.5. The summed E-state index contributed by atoms with van der Waals surface area (Å²) in [6.07, 6.45) is 2.61. The highest BCUT2D eigenvalue weighted by atomic mass is 16.5. The zero-order valence-electron chi connectivity index (χ0n) is 16.5. The van der Waals surface area contributed by atoms with Crippen LogP contribution in [0.25, 0.3) is 6.08 Å². The zero-order chi connectivity index (χ0) is 22.1. The molecule has 0 atom stereocenters. The number of amides is 3. The number of anilines is 2. The van der Waals surface area contributed by atoms with E-state index in [4.69, 9.17) is 5.21 Å². The summed E-state index contributed by atoms with van der Waals surface area (Å²) in [7, 11) is 0. The van der Waals surface area contributed by atoms with Crippen LogP contribution in [0.4, 0.5) is 11.4 Å². The van der Waals surface area contributed by atoms with Crippen LogP contribution in [0.5, 0.6) is 0 Å². The van der Waals surface area contributed by atoms with Gasteiger partial charge >= 0.3 is 0 Å². The van der Waals surface area contributed by atoms with Crippen LogP contribution < -0.4 is 16.1 Å². The van der Waals surface area contributed by atoms with E-state index in [1.54, 1.807) is 72.8 Å². The summed E-state index contributed by atoms with van der Waals surface area (Å²) in [6.45, 7) is 0. The van der Waals surface area contributed by atoms with Crippen LogP contribution in [0, 0.1) is 0 Å². The maximum atomic E-state index is 13.1. The molecule has 0 saturated heterocycles. The smallest absolute Gasteiger partial charge is 0.267 e. The Bertz CT molecular complexity index is 1030. The zero-order valence-corrected chi connectivity index (χ0v) is 16.5. The van der Waals surface area contributed by atoms with Gasteiger partial charge in [0.15, 0.2) is 0 Å². The first-order valence-electron chi connectivity index (χ1n) is 9.51. The number of para-hydroxylation sites is 2. The Morgan fingerprint density at radius 1 is 0.742 bits per heavy atom. The average Bonchev–Trinajstić information content (AvgIpc) is 2.79. The van der Waals surface area contributed by atoms with Crippen molar-refractivity contribution in [1.82, 2.24) is 5.48 Å². The number of benzene rings is 3. The maximum Gasteiger partial charge on any atom is 0.267 e. The average molecular weight is 415 g/mol. The summed E-state index contributed by atoms with van der Waals surface area (Å²) in [5.74, 6) is -2.81. The number of nitrogens with one attached hydrogen (secondary N) is 3. The van der Waals surface area contributed by atoms with Gasteiger partial charge in [0.2, 0.25) is 11.8 Å². The van der Waals surface area contributed by atoms with Gasteiger partial charge in [0.1, 0.15) is 5.92 Å². The molecular formula is C24H21N3O4. The van der Waals surface area contributed by atoms with Crippen LogP contribution in [0.2, 0.25) is 0 Å². The van der Waals surface area contributed by atoms with Crippen molar-refractivity contribution in [3.8, 4) is 0 Å². The third-order valence-electron chi connectivity index (χ3n) is 4.39. The Morgan fingerprint density at radius 3 is 1.81 bits per heavy atom. The Labute approximate surface area is 179 Å². The normalized spacial score (nSPS) is 10.6. The van der Waals surface area contributed by atoms with Gasteiger partial charge in [-0.15, -0.1) is 0 Å². The van der Waals surface area contributed by atoms with Crippen molar-refractivity contribution in [2.24, 2.45) is 0 Å². The van der Waals surface area contributed by atoms with E-state index in [0.717, 1.165) is 6.08 Å². The van der Waals surface area contributed by atoms with E-state index < -0.39 is 23.6 Å². The lowest BCUT2D eigenvalue weighted by atomic mass is 9.95. The molecule has 3 rings (SSSR count). The number of carbonyl (C=O) groups is 3. The maximum absolute atomic E-state index is 13.1. The second-order valence-electron chi connectivity index (χ2n) is 6.62. The highest BCUT2D eigenvalue weighted by Gasteiger charge is 2.29. The second-order valence-corrected chi connectivity index (χ2v) is 6.62. The summed E-state index contributed by atoms with van der Waals surface area (Å²) in [6, 6.07) is 24.4. The van der Waals surface area contributed by atoms with Crippen molar-refractivity contribution in [2.45, 2.75) is 5.92 Å². The topological polar surface area (TPSA) is 108 Å². The monoisotopic (exact) mass is 415 g/mol. The van der Waals surface area contributed by atoms with Crippen LogP contribution in [-0.2, 0) is 14.4 Å². The van der Waals surface area contributed by atoms with Gasteiger partial charge in [0.05, 0.1) is 0 Å². The fraction of sp³-hybridized carbons (Fsp3) is 0.0417. The molecule has 0 aliphatic heterocycles. The predicted molar refractivity (Wildman–Crippen MR) is 118 cm³/mol. The summed E-state index contributed by atoms with van der Waals surface area (Å²) in [5.41, 5.74) is 3.69. The highest BCUT2D eigenvalue weighted by molar-refractivity contribution is 6.15. The molecule has 4 N–H and O–H groups in total. The Kier molecular flexibility index (Phi) is 7.29. The molecule has 3 aromatic carbocycles. The summed E-state index contributed by atoms with van der Waals surface area (Å²) < 4.78 is 0. The van der Waals surface area contributed by atoms with E-state index in [1.165, 1.54) is 11.6 Å². The van der Waals surface area contributed by atoms with Crippen molar-refractivity contribution < 1.29 is 19.6 Å². The van der Waals surface area contributed by atoms with E-state index in [2.05, 4.69) is 10.6 Å². The van der Waals surface area contributed by atoms with E-state index in [0.29, 0.717) is 22.5 Å². The molecule has 0 heterocycles. The highest BCUT2D eigenvalue weighted by Crippen LogP contribution is 2.23. The molecule has 31 heavy (non-hydrogen) atoms. The molecule has 0 aromatic heterocycles. The first-order chi connectivity index (χ1) is 15.1. The van der Waals surface area contributed by atoms with Gasteiger partial charge in [-0.2, -0.15) is 0 Å². The molecule has 7 heteroatoms. The van der Waals surface area contributed by atoms with E-state index in [-0.39, 0.29) is 0 Å². The fourth-order valence-corrected chi connectivity index (χ4v) is 2.95. The van der Waals surface area contributed by atoms with Gasteiger partial charge in [-0.05, 0) is 41.5 Å². The molecule has 0 bridgehead atoms. The van der Waals surface area contributed by atoms with E-state index in [1.807, 2.05) is 12.1 Å². The minimum Gasteiger partial charge on any atom is -0.325 e. The third-order valence-corrected chi connectivity index (χ3v) is 4.39. The molecular weight excluding hydrogens is 394 g/mol. The lowest BCUT2D eigenvalue weighted by Gasteiger charge is -2.18. The molecule has 0 aliphatic carbocycles. The lowest BCUT2D eigenvalue weighted by molar-refractivity contribution is -0.126. The first kappa shape index (κ1) is 21.5. The number of rotatable bonds is 7. The van der Waals surface area contributed by atoms with E-state index >= 15 is 0 Å². The fourth-order valence-electron chi connectivity index (χ4n) is 2.95. The summed E-state index contributed by atoms with van der Waals surface area (Å²) in [4.78, 5) is 37.4. The summed E-state index contributed by atoms with van der Waals surface area (Å²) >= 11 is 0. The Hall–Kier alpha value is -4.23. The molecule has 7 nitrogen and oxygen atoms in total. The Balaban J connectivity index is 1.91. The lowest BCUT2D eigenvalue weighted by Crippen LogP contribution is -2.32. The van der Waals surface area contributed by atoms with Crippen LogP contribution >= 0.6 is 0 Å². The largest absolute Gasteiger partial charge is 0.325 e. The SMILES string of the molecule is O=C(C=Cc1cccc(C(C(=O)Nc2ccccc2)C(=O)Nc2ccccc2)c1)NO.